The minimum absolute atomic E-state index is 0.234. The van der Waals surface area contributed by atoms with Crippen LogP contribution in [0.3, 0.4) is 0 Å². The van der Waals surface area contributed by atoms with Crippen molar-refractivity contribution in [2.45, 2.75) is 43.9 Å². The van der Waals surface area contributed by atoms with Gasteiger partial charge in [0.05, 0.1) is 17.7 Å². The zero-order valence-electron chi connectivity index (χ0n) is 10.0. The Morgan fingerprint density at radius 1 is 1.22 bits per heavy atom. The number of aliphatic hydroxyl groups is 1. The number of nitrogens with zero attached hydrogens (tertiary/aromatic N) is 2. The molecule has 3 nitrogen and oxygen atoms in total. The first kappa shape index (κ1) is 11.5. The summed E-state index contributed by atoms with van der Waals surface area (Å²) in [6.45, 7) is 0. The van der Waals surface area contributed by atoms with Crippen LogP contribution in [0, 0.1) is 17.1 Å². The van der Waals surface area contributed by atoms with Crippen LogP contribution >= 0.6 is 0 Å². The van der Waals surface area contributed by atoms with E-state index in [9.17, 15) is 9.50 Å². The number of aliphatic hydroxyl groups excluding tert-OH is 1. The topological polar surface area (TPSA) is 47.3 Å². The lowest BCUT2D eigenvalue weighted by Gasteiger charge is -2.39. The maximum atomic E-state index is 13.5. The Bertz CT molecular complexity index is 497. The van der Waals surface area contributed by atoms with Crippen molar-refractivity contribution in [3.05, 3.63) is 29.6 Å². The van der Waals surface area contributed by atoms with Crippen LogP contribution in [-0.2, 0) is 0 Å². The SMILES string of the molecule is N#Cc1cc(F)cc(N2C3CCC2CC(O)C3)c1. The van der Waals surface area contributed by atoms with E-state index in [4.69, 9.17) is 5.26 Å². The first-order chi connectivity index (χ1) is 8.67. The zero-order valence-corrected chi connectivity index (χ0v) is 10.0. The molecule has 2 atom stereocenters. The summed E-state index contributed by atoms with van der Waals surface area (Å²) in [5.74, 6) is -0.366. The van der Waals surface area contributed by atoms with Gasteiger partial charge in [0.25, 0.3) is 0 Å². The largest absolute Gasteiger partial charge is 0.393 e. The van der Waals surface area contributed by atoms with Crippen molar-refractivity contribution in [2.24, 2.45) is 0 Å². The van der Waals surface area contributed by atoms with Crippen molar-refractivity contribution in [2.75, 3.05) is 4.90 Å². The number of fused-ring (bicyclic) bond motifs is 2. The van der Waals surface area contributed by atoms with Gasteiger partial charge in [-0.25, -0.2) is 4.39 Å². The van der Waals surface area contributed by atoms with Gasteiger partial charge in [0.15, 0.2) is 0 Å². The highest BCUT2D eigenvalue weighted by molar-refractivity contribution is 5.55. The molecule has 2 heterocycles. The minimum atomic E-state index is -0.366. The normalized spacial score (nSPS) is 30.3. The molecule has 0 radical (unpaired) electrons. The van der Waals surface area contributed by atoms with Crippen molar-refractivity contribution in [3.63, 3.8) is 0 Å². The molecule has 18 heavy (non-hydrogen) atoms. The summed E-state index contributed by atoms with van der Waals surface area (Å²) < 4.78 is 13.5. The highest BCUT2D eigenvalue weighted by Crippen LogP contribution is 2.39. The summed E-state index contributed by atoms with van der Waals surface area (Å²) in [5, 5.41) is 18.7. The Labute approximate surface area is 105 Å². The van der Waals surface area contributed by atoms with Crippen LogP contribution in [0.4, 0.5) is 10.1 Å². The van der Waals surface area contributed by atoms with Gasteiger partial charge in [-0.3, -0.25) is 0 Å². The summed E-state index contributed by atoms with van der Waals surface area (Å²) >= 11 is 0. The third-order valence-corrected chi connectivity index (χ3v) is 4.02. The fourth-order valence-corrected chi connectivity index (χ4v) is 3.36. The number of halogens is 1. The summed E-state index contributed by atoms with van der Waals surface area (Å²) in [5.41, 5.74) is 1.14. The van der Waals surface area contributed by atoms with E-state index in [0.717, 1.165) is 31.4 Å². The van der Waals surface area contributed by atoms with Gasteiger partial charge >= 0.3 is 0 Å². The van der Waals surface area contributed by atoms with Gasteiger partial charge in [-0.05, 0) is 43.9 Å². The van der Waals surface area contributed by atoms with Crippen molar-refractivity contribution in [1.82, 2.24) is 0 Å². The first-order valence-electron chi connectivity index (χ1n) is 6.34. The number of anilines is 1. The third-order valence-electron chi connectivity index (χ3n) is 4.02. The number of hydrogen-bond donors (Lipinski definition) is 1. The van der Waals surface area contributed by atoms with Crippen LogP contribution < -0.4 is 4.90 Å². The molecule has 2 unspecified atom stereocenters. The third kappa shape index (κ3) is 1.85. The maximum absolute atomic E-state index is 13.5. The van der Waals surface area contributed by atoms with E-state index in [1.165, 1.54) is 12.1 Å². The zero-order chi connectivity index (χ0) is 12.7. The lowest BCUT2D eigenvalue weighted by Crippen LogP contribution is -2.44. The van der Waals surface area contributed by atoms with E-state index in [1.807, 2.05) is 6.07 Å². The van der Waals surface area contributed by atoms with E-state index < -0.39 is 0 Å². The Kier molecular flexibility index (Phi) is 2.71. The molecular weight excluding hydrogens is 231 g/mol. The lowest BCUT2D eigenvalue weighted by molar-refractivity contribution is 0.126. The summed E-state index contributed by atoms with van der Waals surface area (Å²) in [6.07, 6.45) is 3.34. The van der Waals surface area contributed by atoms with Crippen molar-refractivity contribution >= 4 is 5.69 Å². The summed E-state index contributed by atoms with van der Waals surface area (Å²) in [7, 11) is 0. The Morgan fingerprint density at radius 2 is 1.89 bits per heavy atom. The first-order valence-corrected chi connectivity index (χ1v) is 6.34. The lowest BCUT2D eigenvalue weighted by atomic mass is 9.98. The van der Waals surface area contributed by atoms with Crippen molar-refractivity contribution in [3.8, 4) is 6.07 Å². The fraction of sp³-hybridized carbons (Fsp3) is 0.500. The van der Waals surface area contributed by atoms with E-state index in [0.29, 0.717) is 5.56 Å². The van der Waals surface area contributed by atoms with E-state index in [2.05, 4.69) is 4.90 Å². The number of piperidine rings is 1. The molecule has 3 rings (SSSR count). The van der Waals surface area contributed by atoms with Gasteiger partial charge in [-0.1, -0.05) is 0 Å². The summed E-state index contributed by atoms with van der Waals surface area (Å²) in [6, 6.07) is 7.05. The molecule has 2 fully saturated rings. The van der Waals surface area contributed by atoms with Crippen LogP contribution in [0.15, 0.2) is 18.2 Å². The van der Waals surface area contributed by atoms with Gasteiger partial charge in [0, 0.05) is 17.8 Å². The van der Waals surface area contributed by atoms with Crippen LogP contribution in [0.1, 0.15) is 31.2 Å². The molecule has 0 aromatic heterocycles. The average Bonchev–Trinajstić information content (AvgIpc) is 2.61. The average molecular weight is 246 g/mol. The van der Waals surface area contributed by atoms with E-state index >= 15 is 0 Å². The minimum Gasteiger partial charge on any atom is -0.393 e. The molecular formula is C14H15FN2O. The Morgan fingerprint density at radius 3 is 2.50 bits per heavy atom. The van der Waals surface area contributed by atoms with E-state index in [-0.39, 0.29) is 24.0 Å². The van der Waals surface area contributed by atoms with Gasteiger partial charge in [0.1, 0.15) is 5.82 Å². The number of rotatable bonds is 1. The predicted octanol–water partition coefficient (Wildman–Crippen LogP) is 2.19. The summed E-state index contributed by atoms with van der Waals surface area (Å²) in [4.78, 5) is 2.19. The van der Waals surface area contributed by atoms with Crippen molar-refractivity contribution < 1.29 is 9.50 Å². The molecule has 2 bridgehead atoms. The number of nitriles is 1. The second-order valence-corrected chi connectivity index (χ2v) is 5.23. The molecule has 2 saturated heterocycles. The standard InChI is InChI=1S/C14H15FN2O/c15-10-3-9(8-16)4-13(5-10)17-11-1-2-12(17)7-14(18)6-11/h3-5,11-12,14,18H,1-2,6-7H2. The van der Waals surface area contributed by atoms with Crippen LogP contribution in [0.2, 0.25) is 0 Å². The number of benzene rings is 1. The second kappa shape index (κ2) is 4.25. The smallest absolute Gasteiger partial charge is 0.126 e. The molecule has 0 aliphatic carbocycles. The predicted molar refractivity (Wildman–Crippen MR) is 65.6 cm³/mol. The van der Waals surface area contributed by atoms with Crippen LogP contribution in [-0.4, -0.2) is 23.3 Å². The second-order valence-electron chi connectivity index (χ2n) is 5.23. The van der Waals surface area contributed by atoms with Gasteiger partial charge < -0.3 is 10.0 Å². The molecule has 94 valence electrons. The van der Waals surface area contributed by atoms with E-state index in [1.54, 1.807) is 6.07 Å². The van der Waals surface area contributed by atoms with Crippen molar-refractivity contribution in [1.29, 1.82) is 5.26 Å². The van der Waals surface area contributed by atoms with Gasteiger partial charge in [0.2, 0.25) is 0 Å². The highest BCUT2D eigenvalue weighted by Gasteiger charge is 2.40. The number of hydrogen-bond acceptors (Lipinski definition) is 3. The fourth-order valence-electron chi connectivity index (χ4n) is 3.36. The molecule has 1 aromatic rings. The monoisotopic (exact) mass is 246 g/mol. The molecule has 1 aromatic carbocycles. The van der Waals surface area contributed by atoms with Crippen LogP contribution in [0.25, 0.3) is 0 Å². The highest BCUT2D eigenvalue weighted by atomic mass is 19.1. The van der Waals surface area contributed by atoms with Gasteiger partial charge in [-0.15, -0.1) is 0 Å². The Balaban J connectivity index is 1.96. The maximum Gasteiger partial charge on any atom is 0.126 e. The molecule has 2 aliphatic rings. The van der Waals surface area contributed by atoms with Crippen LogP contribution in [0.5, 0.6) is 0 Å². The Hall–Kier alpha value is -1.60. The molecule has 4 heteroatoms. The molecule has 2 aliphatic heterocycles. The molecule has 0 saturated carbocycles. The van der Waals surface area contributed by atoms with Gasteiger partial charge in [-0.2, -0.15) is 5.26 Å². The quantitative estimate of drug-likeness (QED) is 0.826. The molecule has 0 spiro atoms. The molecule has 1 N–H and O–H groups in total. The molecule has 0 amide bonds.